The highest BCUT2D eigenvalue weighted by Gasteiger charge is 2.07. The van der Waals surface area contributed by atoms with E-state index in [9.17, 15) is 9.18 Å². The fraction of sp³-hybridized carbons (Fsp3) is 0.250. The third kappa shape index (κ3) is 1.80. The Bertz CT molecular complexity index is 314. The molecular formula is C8H7ClFNO. The predicted molar refractivity (Wildman–Crippen MR) is 43.8 cm³/mol. The molecule has 0 unspecified atom stereocenters. The lowest BCUT2D eigenvalue weighted by Gasteiger charge is -1.97. The number of hydrogen-bond acceptors (Lipinski definition) is 2. The smallest absolute Gasteiger partial charge is 0.231 e. The van der Waals surface area contributed by atoms with Crippen LogP contribution in [-0.2, 0) is 0 Å². The van der Waals surface area contributed by atoms with Gasteiger partial charge in [0.15, 0.2) is 5.78 Å². The van der Waals surface area contributed by atoms with Gasteiger partial charge in [-0.25, -0.2) is 4.98 Å². The van der Waals surface area contributed by atoms with Crippen LogP contribution in [0.1, 0.15) is 23.7 Å². The first-order valence-electron chi connectivity index (χ1n) is 3.49. The van der Waals surface area contributed by atoms with E-state index in [0.717, 1.165) is 0 Å². The van der Waals surface area contributed by atoms with Crippen molar-refractivity contribution in [3.8, 4) is 0 Å². The number of halogens is 2. The Morgan fingerprint density at radius 1 is 1.75 bits per heavy atom. The molecular weight excluding hydrogens is 181 g/mol. The van der Waals surface area contributed by atoms with Gasteiger partial charge in [0, 0.05) is 18.2 Å². The maximum atomic E-state index is 12.5. The molecule has 0 bridgehead atoms. The fourth-order valence-corrected chi connectivity index (χ4v) is 0.944. The number of rotatable bonds is 2. The molecule has 1 aromatic rings. The molecule has 64 valence electrons. The third-order valence-electron chi connectivity index (χ3n) is 1.44. The molecule has 1 rings (SSSR count). The maximum absolute atomic E-state index is 12.5. The molecule has 0 aromatic carbocycles. The molecule has 0 fully saturated rings. The van der Waals surface area contributed by atoms with E-state index >= 15 is 0 Å². The van der Waals surface area contributed by atoms with Crippen molar-refractivity contribution in [2.75, 3.05) is 0 Å². The minimum Gasteiger partial charge on any atom is -0.294 e. The first kappa shape index (κ1) is 9.13. The summed E-state index contributed by atoms with van der Waals surface area (Å²) in [5.41, 5.74) is 0.351. The molecule has 1 heterocycles. The van der Waals surface area contributed by atoms with E-state index in [1.807, 2.05) is 0 Å². The van der Waals surface area contributed by atoms with Gasteiger partial charge >= 0.3 is 0 Å². The van der Waals surface area contributed by atoms with Gasteiger partial charge in [-0.2, -0.15) is 4.39 Å². The topological polar surface area (TPSA) is 30.0 Å². The van der Waals surface area contributed by atoms with Crippen molar-refractivity contribution >= 4 is 17.4 Å². The summed E-state index contributed by atoms with van der Waals surface area (Å²) in [6.45, 7) is 1.72. The fourth-order valence-electron chi connectivity index (χ4n) is 0.778. The second-order valence-electron chi connectivity index (χ2n) is 2.27. The lowest BCUT2D eigenvalue weighted by Crippen LogP contribution is -1.98. The van der Waals surface area contributed by atoms with Crippen LogP contribution in [0.5, 0.6) is 0 Å². The molecule has 0 aliphatic rings. The first-order chi connectivity index (χ1) is 5.65. The molecule has 0 aliphatic carbocycles. The Labute approximate surface area is 74.4 Å². The predicted octanol–water partition coefficient (Wildman–Crippen LogP) is 2.47. The number of hydrogen-bond donors (Lipinski definition) is 0. The van der Waals surface area contributed by atoms with Crippen molar-refractivity contribution in [2.45, 2.75) is 13.3 Å². The highest BCUT2D eigenvalue weighted by molar-refractivity contribution is 6.30. The van der Waals surface area contributed by atoms with Gasteiger partial charge < -0.3 is 0 Å². The summed E-state index contributed by atoms with van der Waals surface area (Å²) in [5.74, 6) is -0.839. The third-order valence-corrected chi connectivity index (χ3v) is 1.70. The van der Waals surface area contributed by atoms with Crippen molar-refractivity contribution in [1.29, 1.82) is 0 Å². The summed E-state index contributed by atoms with van der Waals surface area (Å²) in [6, 6.07) is 1.29. The van der Waals surface area contributed by atoms with Crippen LogP contribution < -0.4 is 0 Å². The molecule has 0 N–H and O–H groups in total. The largest absolute Gasteiger partial charge is 0.294 e. The number of Topliss-reactive ketones (excluding diaryl/α,β-unsaturated/α-hetero) is 1. The average Bonchev–Trinajstić information content (AvgIpc) is 2.08. The van der Waals surface area contributed by atoms with Crippen LogP contribution in [0.3, 0.4) is 0 Å². The van der Waals surface area contributed by atoms with Gasteiger partial charge in [-0.3, -0.25) is 4.79 Å². The molecule has 0 amide bonds. The van der Waals surface area contributed by atoms with E-state index in [-0.39, 0.29) is 10.8 Å². The van der Waals surface area contributed by atoms with Crippen LogP contribution in [-0.4, -0.2) is 10.8 Å². The molecule has 0 saturated heterocycles. The highest BCUT2D eigenvalue weighted by atomic mass is 35.5. The lowest BCUT2D eigenvalue weighted by molar-refractivity contribution is 0.0987. The molecule has 0 saturated carbocycles. The summed E-state index contributed by atoms with van der Waals surface area (Å²) in [5, 5.41) is -0.116. The molecule has 1 aromatic heterocycles. The van der Waals surface area contributed by atoms with E-state index in [4.69, 9.17) is 11.6 Å². The van der Waals surface area contributed by atoms with Gasteiger partial charge in [-0.1, -0.05) is 18.5 Å². The summed E-state index contributed by atoms with van der Waals surface area (Å²) in [7, 11) is 0. The van der Waals surface area contributed by atoms with Crippen molar-refractivity contribution in [3.63, 3.8) is 0 Å². The van der Waals surface area contributed by atoms with Crippen LogP contribution in [0.15, 0.2) is 12.3 Å². The standard InChI is InChI=1S/C8H7ClFNO/c1-2-7(12)5-3-6(9)8(10)11-4-5/h3-4H,2H2,1H3. The number of nitrogens with zero attached hydrogens (tertiary/aromatic N) is 1. The van der Waals surface area contributed by atoms with Gasteiger partial charge in [-0.15, -0.1) is 0 Å². The van der Waals surface area contributed by atoms with Crippen LogP contribution in [0.2, 0.25) is 5.02 Å². The van der Waals surface area contributed by atoms with Gasteiger partial charge in [0.05, 0.1) is 5.02 Å². The molecule has 2 nitrogen and oxygen atoms in total. The van der Waals surface area contributed by atoms with E-state index in [0.29, 0.717) is 12.0 Å². The van der Waals surface area contributed by atoms with E-state index in [1.165, 1.54) is 12.3 Å². The van der Waals surface area contributed by atoms with Crippen LogP contribution in [0.4, 0.5) is 4.39 Å². The van der Waals surface area contributed by atoms with E-state index in [1.54, 1.807) is 6.92 Å². The highest BCUT2D eigenvalue weighted by Crippen LogP contribution is 2.14. The van der Waals surface area contributed by atoms with Gasteiger partial charge in [-0.05, 0) is 6.07 Å². The summed E-state index contributed by atoms with van der Waals surface area (Å²) < 4.78 is 12.5. The summed E-state index contributed by atoms with van der Waals surface area (Å²) >= 11 is 5.43. The summed E-state index contributed by atoms with van der Waals surface area (Å²) in [6.07, 6.45) is 1.55. The zero-order chi connectivity index (χ0) is 9.14. The van der Waals surface area contributed by atoms with Crippen LogP contribution in [0.25, 0.3) is 0 Å². The second kappa shape index (κ2) is 3.63. The van der Waals surface area contributed by atoms with Crippen molar-refractivity contribution in [2.24, 2.45) is 0 Å². The molecule has 0 radical (unpaired) electrons. The number of carbonyl (C=O) groups excluding carboxylic acids is 1. The maximum Gasteiger partial charge on any atom is 0.231 e. The molecule has 0 spiro atoms. The Balaban J connectivity index is 3.05. The van der Waals surface area contributed by atoms with Gasteiger partial charge in [0.2, 0.25) is 5.95 Å². The molecule has 4 heteroatoms. The normalized spacial score (nSPS) is 9.92. The molecule has 0 atom stereocenters. The van der Waals surface area contributed by atoms with Gasteiger partial charge in [0.25, 0.3) is 0 Å². The molecule has 0 aliphatic heterocycles. The van der Waals surface area contributed by atoms with Crippen molar-refractivity contribution in [1.82, 2.24) is 4.98 Å². The number of aromatic nitrogens is 1. The minimum absolute atomic E-state index is 0.0931. The lowest BCUT2D eigenvalue weighted by atomic mass is 10.1. The number of pyridine rings is 1. The Morgan fingerprint density at radius 3 is 2.92 bits per heavy atom. The van der Waals surface area contributed by atoms with Crippen molar-refractivity contribution in [3.05, 3.63) is 28.8 Å². The van der Waals surface area contributed by atoms with Gasteiger partial charge in [0.1, 0.15) is 0 Å². The molecule has 12 heavy (non-hydrogen) atoms. The Morgan fingerprint density at radius 2 is 2.42 bits per heavy atom. The average molecular weight is 188 g/mol. The Hall–Kier alpha value is -0.960. The van der Waals surface area contributed by atoms with Crippen LogP contribution in [0, 0.1) is 5.95 Å². The second-order valence-corrected chi connectivity index (χ2v) is 2.68. The monoisotopic (exact) mass is 187 g/mol. The number of ketones is 1. The quantitative estimate of drug-likeness (QED) is 0.526. The Kier molecular flexibility index (Phi) is 2.76. The van der Waals surface area contributed by atoms with E-state index in [2.05, 4.69) is 4.98 Å². The van der Waals surface area contributed by atoms with Crippen molar-refractivity contribution < 1.29 is 9.18 Å². The van der Waals surface area contributed by atoms with E-state index < -0.39 is 5.95 Å². The number of carbonyl (C=O) groups is 1. The minimum atomic E-state index is -0.746. The SMILES string of the molecule is CCC(=O)c1cnc(F)c(Cl)c1. The zero-order valence-electron chi connectivity index (χ0n) is 6.47. The first-order valence-corrected chi connectivity index (χ1v) is 3.87. The zero-order valence-corrected chi connectivity index (χ0v) is 7.23. The summed E-state index contributed by atoms with van der Waals surface area (Å²) in [4.78, 5) is 14.4. The van der Waals surface area contributed by atoms with Crippen LogP contribution >= 0.6 is 11.6 Å².